The van der Waals surface area contributed by atoms with Crippen LogP contribution in [0.1, 0.15) is 25.8 Å². The molecule has 0 fully saturated rings. The maximum absolute atomic E-state index is 12.5. The van der Waals surface area contributed by atoms with Crippen molar-refractivity contribution in [2.75, 3.05) is 18.5 Å². The van der Waals surface area contributed by atoms with Crippen LogP contribution in [-0.4, -0.2) is 30.3 Å². The Morgan fingerprint density at radius 1 is 1.33 bits per heavy atom. The van der Waals surface area contributed by atoms with Crippen LogP contribution in [0.2, 0.25) is 0 Å². The van der Waals surface area contributed by atoms with Gasteiger partial charge >= 0.3 is 12.2 Å². The predicted molar refractivity (Wildman–Crippen MR) is 71.8 cm³/mol. The Kier molecular flexibility index (Phi) is 4.13. The van der Waals surface area contributed by atoms with Crippen molar-refractivity contribution < 1.29 is 22.7 Å². The van der Waals surface area contributed by atoms with Crippen LogP contribution in [0, 0.1) is 0 Å². The van der Waals surface area contributed by atoms with E-state index < -0.39 is 24.5 Å². The Morgan fingerprint density at radius 2 is 2.00 bits per heavy atom. The summed E-state index contributed by atoms with van der Waals surface area (Å²) in [5, 5.41) is 2.67. The second-order valence-electron chi connectivity index (χ2n) is 5.01. The quantitative estimate of drug-likeness (QED) is 0.921. The van der Waals surface area contributed by atoms with E-state index in [1.54, 1.807) is 24.3 Å². The van der Waals surface area contributed by atoms with E-state index in [1.165, 1.54) is 11.8 Å². The minimum atomic E-state index is -4.45. The molecule has 1 aliphatic heterocycles. The molecule has 2 rings (SSSR count). The molecule has 0 aromatic heterocycles. The molecule has 0 bridgehead atoms. The first kappa shape index (κ1) is 15.6. The molecule has 0 spiro atoms. The van der Waals surface area contributed by atoms with E-state index in [1.807, 2.05) is 6.92 Å². The van der Waals surface area contributed by atoms with Gasteiger partial charge in [0.05, 0.1) is 5.69 Å². The Labute approximate surface area is 120 Å². The fourth-order valence-corrected chi connectivity index (χ4v) is 2.43. The molecule has 1 heterocycles. The van der Waals surface area contributed by atoms with Crippen molar-refractivity contribution >= 4 is 11.7 Å². The summed E-state index contributed by atoms with van der Waals surface area (Å²) in [4.78, 5) is 13.4. The SMILES string of the molecule is CCCN1C(=O)Nc2ccccc2C1(C)OCC(F)(F)F. The summed E-state index contributed by atoms with van der Waals surface area (Å²) in [5.41, 5.74) is -0.452. The third-order valence-corrected chi connectivity index (χ3v) is 3.39. The molecule has 1 N–H and O–H groups in total. The number of urea groups is 1. The van der Waals surface area contributed by atoms with Crippen molar-refractivity contribution in [1.82, 2.24) is 4.90 Å². The van der Waals surface area contributed by atoms with Gasteiger partial charge in [-0.1, -0.05) is 25.1 Å². The molecule has 0 saturated heterocycles. The fourth-order valence-electron chi connectivity index (χ4n) is 2.43. The third-order valence-electron chi connectivity index (χ3n) is 3.39. The standard InChI is InChI=1S/C14H17F3N2O2/c1-3-8-19-12(20)18-11-7-5-4-6-10(11)13(19,2)21-9-14(15,16)17/h4-7H,3,8-9H2,1-2H3,(H,18,20). The lowest BCUT2D eigenvalue weighted by atomic mass is 9.98. The van der Waals surface area contributed by atoms with Gasteiger partial charge in [-0.3, -0.25) is 4.90 Å². The van der Waals surface area contributed by atoms with Gasteiger partial charge in [0, 0.05) is 12.1 Å². The van der Waals surface area contributed by atoms with E-state index in [2.05, 4.69) is 5.32 Å². The number of carbonyl (C=O) groups is 1. The monoisotopic (exact) mass is 302 g/mol. The van der Waals surface area contributed by atoms with Gasteiger partial charge in [0.25, 0.3) is 0 Å². The molecular weight excluding hydrogens is 285 g/mol. The van der Waals surface area contributed by atoms with Crippen molar-refractivity contribution in [1.29, 1.82) is 0 Å². The van der Waals surface area contributed by atoms with E-state index >= 15 is 0 Å². The minimum absolute atomic E-state index is 0.300. The minimum Gasteiger partial charge on any atom is -0.342 e. The highest BCUT2D eigenvalue weighted by atomic mass is 19.4. The van der Waals surface area contributed by atoms with E-state index in [-0.39, 0.29) is 0 Å². The van der Waals surface area contributed by atoms with Crippen molar-refractivity contribution in [3.05, 3.63) is 29.8 Å². The van der Waals surface area contributed by atoms with Crippen LogP contribution in [0.4, 0.5) is 23.7 Å². The summed E-state index contributed by atoms with van der Waals surface area (Å²) in [6, 6.07) is 6.26. The first-order chi connectivity index (χ1) is 9.78. The van der Waals surface area contributed by atoms with Gasteiger partial charge in [0.2, 0.25) is 0 Å². The van der Waals surface area contributed by atoms with E-state index in [0.29, 0.717) is 24.2 Å². The Balaban J connectivity index is 2.41. The van der Waals surface area contributed by atoms with Gasteiger partial charge < -0.3 is 10.1 Å². The fraction of sp³-hybridized carbons (Fsp3) is 0.500. The van der Waals surface area contributed by atoms with Gasteiger partial charge in [-0.15, -0.1) is 0 Å². The number of para-hydroxylation sites is 1. The number of anilines is 1. The first-order valence-electron chi connectivity index (χ1n) is 6.67. The Morgan fingerprint density at radius 3 is 2.62 bits per heavy atom. The number of hydrogen-bond acceptors (Lipinski definition) is 2. The van der Waals surface area contributed by atoms with Crippen LogP contribution in [-0.2, 0) is 10.5 Å². The Bertz CT molecular complexity index is 533. The zero-order chi connectivity index (χ0) is 15.7. The number of carbonyl (C=O) groups excluding carboxylic acids is 1. The molecule has 1 unspecified atom stereocenters. The highest BCUT2D eigenvalue weighted by Gasteiger charge is 2.45. The maximum atomic E-state index is 12.5. The smallest absolute Gasteiger partial charge is 0.342 e. The Hall–Kier alpha value is -1.76. The van der Waals surface area contributed by atoms with Crippen molar-refractivity contribution in [2.45, 2.75) is 32.2 Å². The summed E-state index contributed by atoms with van der Waals surface area (Å²) in [7, 11) is 0. The number of alkyl halides is 3. The van der Waals surface area contributed by atoms with E-state index in [0.717, 1.165) is 0 Å². The molecule has 21 heavy (non-hydrogen) atoms. The first-order valence-corrected chi connectivity index (χ1v) is 6.67. The average Bonchev–Trinajstić information content (AvgIpc) is 2.41. The summed E-state index contributed by atoms with van der Waals surface area (Å²) in [6.45, 7) is 2.23. The molecule has 1 aliphatic rings. The highest BCUT2D eigenvalue weighted by Crippen LogP contribution is 2.39. The van der Waals surface area contributed by atoms with Crippen LogP contribution in [0.25, 0.3) is 0 Å². The van der Waals surface area contributed by atoms with E-state index in [4.69, 9.17) is 4.74 Å². The van der Waals surface area contributed by atoms with Gasteiger partial charge in [0.15, 0.2) is 5.72 Å². The van der Waals surface area contributed by atoms with Gasteiger partial charge in [-0.2, -0.15) is 13.2 Å². The summed E-state index contributed by atoms with van der Waals surface area (Å²) in [6.07, 6.45) is -3.84. The van der Waals surface area contributed by atoms with Crippen LogP contribution >= 0.6 is 0 Å². The second-order valence-corrected chi connectivity index (χ2v) is 5.01. The number of rotatable bonds is 4. The number of hydrogen-bond donors (Lipinski definition) is 1. The van der Waals surface area contributed by atoms with Crippen LogP contribution in [0.3, 0.4) is 0 Å². The van der Waals surface area contributed by atoms with Crippen LogP contribution in [0.15, 0.2) is 24.3 Å². The van der Waals surface area contributed by atoms with Gasteiger partial charge in [0.1, 0.15) is 6.61 Å². The molecule has 1 atom stereocenters. The number of fused-ring (bicyclic) bond motifs is 1. The number of amides is 2. The zero-order valence-corrected chi connectivity index (χ0v) is 11.8. The normalized spacial score (nSPS) is 22.0. The molecule has 4 nitrogen and oxygen atoms in total. The molecule has 2 amide bonds. The number of halogens is 3. The molecule has 1 aromatic carbocycles. The summed E-state index contributed by atoms with van der Waals surface area (Å²) < 4.78 is 42.7. The topological polar surface area (TPSA) is 41.6 Å². The molecule has 0 radical (unpaired) electrons. The molecule has 0 aliphatic carbocycles. The van der Waals surface area contributed by atoms with Crippen LogP contribution in [0.5, 0.6) is 0 Å². The van der Waals surface area contributed by atoms with Crippen molar-refractivity contribution in [3.8, 4) is 0 Å². The lowest BCUT2D eigenvalue weighted by Gasteiger charge is -2.45. The lowest BCUT2D eigenvalue weighted by molar-refractivity contribution is -0.231. The summed E-state index contributed by atoms with van der Waals surface area (Å²) >= 11 is 0. The molecule has 1 aromatic rings. The number of ether oxygens (including phenoxy) is 1. The lowest BCUT2D eigenvalue weighted by Crippen LogP contribution is -2.55. The number of nitrogens with one attached hydrogen (secondary N) is 1. The number of benzene rings is 1. The number of nitrogens with zero attached hydrogens (tertiary/aromatic N) is 1. The molecule has 116 valence electrons. The highest BCUT2D eigenvalue weighted by molar-refractivity contribution is 5.93. The zero-order valence-electron chi connectivity index (χ0n) is 11.8. The van der Waals surface area contributed by atoms with Crippen LogP contribution < -0.4 is 5.32 Å². The van der Waals surface area contributed by atoms with Crippen molar-refractivity contribution in [3.63, 3.8) is 0 Å². The van der Waals surface area contributed by atoms with Gasteiger partial charge in [-0.25, -0.2) is 4.79 Å². The maximum Gasteiger partial charge on any atom is 0.411 e. The van der Waals surface area contributed by atoms with E-state index in [9.17, 15) is 18.0 Å². The van der Waals surface area contributed by atoms with Gasteiger partial charge in [-0.05, 0) is 19.4 Å². The summed E-state index contributed by atoms with van der Waals surface area (Å²) in [5.74, 6) is 0. The third kappa shape index (κ3) is 3.12. The van der Waals surface area contributed by atoms with Crippen molar-refractivity contribution in [2.24, 2.45) is 0 Å². The predicted octanol–water partition coefficient (Wildman–Crippen LogP) is 3.70. The average molecular weight is 302 g/mol. The molecule has 7 heteroatoms. The molecular formula is C14H17F3N2O2. The largest absolute Gasteiger partial charge is 0.411 e. The molecule has 0 saturated carbocycles. The second kappa shape index (κ2) is 5.55.